The van der Waals surface area contributed by atoms with Crippen LogP contribution >= 0.6 is 0 Å². The van der Waals surface area contributed by atoms with Crippen molar-refractivity contribution in [2.45, 2.75) is 127 Å². The van der Waals surface area contributed by atoms with E-state index in [0.29, 0.717) is 38.8 Å². The molecule has 2 aliphatic carbocycles. The predicted molar refractivity (Wildman–Crippen MR) is 190 cm³/mol. The van der Waals surface area contributed by atoms with Gasteiger partial charge in [0.1, 0.15) is 23.7 Å². The van der Waals surface area contributed by atoms with E-state index in [2.05, 4.69) is 28.0 Å². The molecule has 0 spiro atoms. The minimum absolute atomic E-state index is 0.0759. The highest BCUT2D eigenvalue weighted by Crippen LogP contribution is 2.41. The van der Waals surface area contributed by atoms with E-state index >= 15 is 0 Å². The third kappa shape index (κ3) is 7.79. The molecule has 3 heterocycles. The average molecular weight is 742 g/mol. The summed E-state index contributed by atoms with van der Waals surface area (Å²) in [7, 11) is -3.92. The van der Waals surface area contributed by atoms with Crippen LogP contribution in [0.25, 0.3) is 0 Å². The number of hydrogen-bond acceptors (Lipinski definition) is 9. The number of ether oxygens (including phenoxy) is 2. The van der Waals surface area contributed by atoms with Gasteiger partial charge in [0.05, 0.1) is 18.4 Å². The number of alkyl carbamates (subject to hydrolysis) is 1. The van der Waals surface area contributed by atoms with Gasteiger partial charge >= 0.3 is 12.2 Å². The molecule has 3 N–H and O–H groups in total. The number of sulfonamides is 1. The molecule has 52 heavy (non-hydrogen) atoms. The van der Waals surface area contributed by atoms with Crippen molar-refractivity contribution < 1.29 is 41.9 Å². The van der Waals surface area contributed by atoms with Crippen molar-refractivity contribution in [3.05, 3.63) is 47.5 Å². The minimum Gasteiger partial charge on any atom is -0.450 e. The van der Waals surface area contributed by atoms with Crippen LogP contribution in [-0.4, -0.2) is 90.3 Å². The summed E-state index contributed by atoms with van der Waals surface area (Å²) in [6.45, 7) is 9.95. The molecule has 3 aliphatic heterocycles. The number of carbonyl (C=O) groups is 5. The Morgan fingerprint density at radius 1 is 1.04 bits per heavy atom. The third-order valence-electron chi connectivity index (χ3n) is 11.1. The van der Waals surface area contributed by atoms with Crippen LogP contribution in [0.1, 0.15) is 95.2 Å². The second-order valence-corrected chi connectivity index (χ2v) is 17.9. The molecular weight excluding hydrogens is 691 g/mol. The van der Waals surface area contributed by atoms with Gasteiger partial charge in [0.2, 0.25) is 21.8 Å². The second-order valence-electron chi connectivity index (χ2n) is 15.9. The summed E-state index contributed by atoms with van der Waals surface area (Å²) in [5.41, 5.74) is 0.918. The van der Waals surface area contributed by atoms with Gasteiger partial charge in [0.15, 0.2) is 0 Å². The molecule has 0 radical (unpaired) electrons. The summed E-state index contributed by atoms with van der Waals surface area (Å²) < 4.78 is 39.1. The SMILES string of the molecule is C=C[C@@H]1CC[C@]1(NC(=O)[C@@H]1C[C@@H]2CN1C(=O)[C@H](C(C)(C)C)NC(=O)OCCCCCCc1cccc3c1CN(C3)C(=O)O2)C(=O)NS(=O)(=O)C1CC1. The Balaban J connectivity index is 1.28. The monoisotopic (exact) mass is 741 g/mol. The number of rotatable bonds is 6. The van der Waals surface area contributed by atoms with Gasteiger partial charge in [-0.25, -0.2) is 18.0 Å². The van der Waals surface area contributed by atoms with Crippen LogP contribution in [-0.2, 0) is 53.4 Å². The molecule has 1 aromatic carbocycles. The summed E-state index contributed by atoms with van der Waals surface area (Å²) in [6.07, 6.45) is 5.04. The van der Waals surface area contributed by atoms with Crippen molar-refractivity contribution in [1.82, 2.24) is 25.2 Å². The molecule has 5 aliphatic rings. The number of cyclic esters (lactones) is 1. The van der Waals surface area contributed by atoms with Crippen molar-refractivity contribution in [2.75, 3.05) is 13.2 Å². The fourth-order valence-electron chi connectivity index (χ4n) is 7.75. The molecule has 1 saturated heterocycles. The predicted octanol–water partition coefficient (Wildman–Crippen LogP) is 3.43. The van der Waals surface area contributed by atoms with Crippen LogP contribution in [0.15, 0.2) is 30.9 Å². The first kappa shape index (κ1) is 37.6. The van der Waals surface area contributed by atoms with Gasteiger partial charge < -0.3 is 25.0 Å². The molecule has 2 saturated carbocycles. The number of fused-ring (bicyclic) bond motifs is 3. The highest BCUT2D eigenvalue weighted by atomic mass is 32.2. The number of carbonyl (C=O) groups excluding carboxylic acids is 5. The highest BCUT2D eigenvalue weighted by molar-refractivity contribution is 7.91. The lowest BCUT2D eigenvalue weighted by Gasteiger charge is -2.47. The molecule has 14 nitrogen and oxygen atoms in total. The number of hydrogen-bond donors (Lipinski definition) is 3. The Morgan fingerprint density at radius 2 is 1.77 bits per heavy atom. The minimum atomic E-state index is -3.92. The molecule has 0 aromatic heterocycles. The van der Waals surface area contributed by atoms with Crippen LogP contribution in [0.2, 0.25) is 0 Å². The largest absolute Gasteiger partial charge is 0.450 e. The first-order valence-corrected chi connectivity index (χ1v) is 20.0. The van der Waals surface area contributed by atoms with Crippen molar-refractivity contribution in [3.63, 3.8) is 0 Å². The number of amides is 5. The standard InChI is InChI=1S/C37H51N5O9S/c1-5-25-16-17-37(25,33(45)40-52(48,49)27-14-15-27)39-31(43)29-19-26-21-42(29)32(44)30(36(2,3)4)38-34(46)50-18-9-7-6-8-11-23-12-10-13-24-20-41(22-28(23)24)35(47)51-26/h5,10,12-13,25-27,29-30H,1,6-9,11,14-22H2,2-4H3,(H,38,46)(H,39,43)(H,40,45)/t25-,26-,29+,30-,37-/m1/s1. The van der Waals surface area contributed by atoms with Gasteiger partial charge in [-0.05, 0) is 67.1 Å². The molecule has 1 aromatic rings. The second kappa shape index (κ2) is 14.7. The Hall–Kier alpha value is -4.14. The van der Waals surface area contributed by atoms with E-state index in [9.17, 15) is 32.4 Å². The van der Waals surface area contributed by atoms with E-state index < -0.39 is 80.2 Å². The Labute approximate surface area is 305 Å². The van der Waals surface area contributed by atoms with Gasteiger partial charge in [-0.15, -0.1) is 6.58 Å². The normalized spacial score (nSPS) is 28.9. The van der Waals surface area contributed by atoms with E-state index in [1.807, 2.05) is 12.1 Å². The first-order valence-electron chi connectivity index (χ1n) is 18.4. The fraction of sp³-hybridized carbons (Fsp3) is 0.649. The average Bonchev–Trinajstić information content (AvgIpc) is 3.72. The Bertz CT molecular complexity index is 1720. The molecule has 0 unspecified atom stereocenters. The van der Waals surface area contributed by atoms with E-state index in [-0.39, 0.29) is 26.0 Å². The van der Waals surface area contributed by atoms with Gasteiger partial charge in [-0.1, -0.05) is 57.9 Å². The lowest BCUT2D eigenvalue weighted by atomic mass is 9.66. The van der Waals surface area contributed by atoms with Gasteiger partial charge in [-0.2, -0.15) is 0 Å². The zero-order valence-electron chi connectivity index (χ0n) is 30.3. The van der Waals surface area contributed by atoms with E-state index in [4.69, 9.17) is 9.47 Å². The lowest BCUT2D eigenvalue weighted by Crippen LogP contribution is -2.70. The maximum atomic E-state index is 14.4. The van der Waals surface area contributed by atoms with Crippen molar-refractivity contribution >= 4 is 39.9 Å². The van der Waals surface area contributed by atoms with E-state index in [1.165, 1.54) is 16.5 Å². The number of nitrogens with one attached hydrogen (secondary N) is 3. The maximum absolute atomic E-state index is 14.4. The van der Waals surface area contributed by atoms with Crippen LogP contribution in [0, 0.1) is 11.3 Å². The molecule has 3 fully saturated rings. The van der Waals surface area contributed by atoms with Crippen LogP contribution < -0.4 is 15.4 Å². The van der Waals surface area contributed by atoms with Gasteiger partial charge in [0.25, 0.3) is 5.91 Å². The summed E-state index contributed by atoms with van der Waals surface area (Å²) in [4.78, 5) is 71.9. The zero-order valence-corrected chi connectivity index (χ0v) is 31.1. The van der Waals surface area contributed by atoms with Crippen LogP contribution in [0.3, 0.4) is 0 Å². The van der Waals surface area contributed by atoms with E-state index in [0.717, 1.165) is 36.8 Å². The van der Waals surface area contributed by atoms with E-state index in [1.54, 1.807) is 25.7 Å². The van der Waals surface area contributed by atoms with Gasteiger partial charge in [-0.3, -0.25) is 24.0 Å². The summed E-state index contributed by atoms with van der Waals surface area (Å²) >= 11 is 0. The number of benzene rings is 1. The fourth-order valence-corrected chi connectivity index (χ4v) is 9.12. The smallest absolute Gasteiger partial charge is 0.410 e. The Kier molecular flexibility index (Phi) is 10.6. The molecular formula is C37H51N5O9S. The highest BCUT2D eigenvalue weighted by Gasteiger charge is 2.56. The topological polar surface area (TPSA) is 181 Å². The van der Waals surface area contributed by atoms with Crippen molar-refractivity contribution in [3.8, 4) is 0 Å². The van der Waals surface area contributed by atoms with Gasteiger partial charge in [0, 0.05) is 25.4 Å². The van der Waals surface area contributed by atoms with Crippen LogP contribution in [0.4, 0.5) is 9.59 Å². The summed E-state index contributed by atoms with van der Waals surface area (Å²) in [5, 5.41) is 4.87. The molecule has 284 valence electrons. The molecule has 15 heteroatoms. The molecule has 5 atom stereocenters. The third-order valence-corrected chi connectivity index (χ3v) is 12.9. The summed E-state index contributed by atoms with van der Waals surface area (Å²) in [6, 6.07) is 3.75. The first-order chi connectivity index (χ1) is 24.6. The van der Waals surface area contributed by atoms with Crippen LogP contribution in [0.5, 0.6) is 0 Å². The Morgan fingerprint density at radius 3 is 2.44 bits per heavy atom. The zero-order chi connectivity index (χ0) is 37.4. The summed E-state index contributed by atoms with van der Waals surface area (Å²) in [5.74, 6) is -2.69. The number of aryl methyl sites for hydroxylation is 1. The quantitative estimate of drug-likeness (QED) is 0.368. The molecule has 6 rings (SSSR count). The molecule has 4 bridgehead atoms. The maximum Gasteiger partial charge on any atom is 0.410 e. The number of nitrogens with zero attached hydrogens (tertiary/aromatic N) is 2. The van der Waals surface area contributed by atoms with Crippen molar-refractivity contribution in [1.29, 1.82) is 0 Å². The molecule has 5 amide bonds. The van der Waals surface area contributed by atoms with Crippen molar-refractivity contribution in [2.24, 2.45) is 11.3 Å². The lowest BCUT2D eigenvalue weighted by molar-refractivity contribution is -0.145.